The smallest absolute Gasteiger partial charge is 0.430 e. The molecule has 1 saturated heterocycles. The van der Waals surface area contributed by atoms with E-state index in [1.807, 2.05) is 59.3 Å². The first kappa shape index (κ1) is 33.7. The number of nitrogens with zero attached hydrogens (tertiary/aromatic N) is 2. The van der Waals surface area contributed by atoms with Crippen molar-refractivity contribution in [1.29, 1.82) is 0 Å². The first-order valence-electron chi connectivity index (χ1n) is 12.8. The van der Waals surface area contributed by atoms with Crippen molar-refractivity contribution >= 4 is 34.1 Å². The van der Waals surface area contributed by atoms with E-state index in [-0.39, 0.29) is 12.0 Å². The second kappa shape index (κ2) is 14.1. The Kier molecular flexibility index (Phi) is 10.8. The van der Waals surface area contributed by atoms with Crippen LogP contribution in [0.5, 0.6) is 0 Å². The number of carboxylic acid groups (broad SMARTS) is 2. The zero-order chi connectivity index (χ0) is 32.7. The van der Waals surface area contributed by atoms with Gasteiger partial charge in [0, 0.05) is 30.7 Å². The molecular formula is C27H25F6N5O6. The molecule has 1 aliphatic rings. The van der Waals surface area contributed by atoms with Gasteiger partial charge >= 0.3 is 18.2 Å². The van der Waals surface area contributed by atoms with E-state index in [2.05, 4.69) is 15.3 Å². The molecule has 236 valence electrons. The van der Waals surface area contributed by atoms with Gasteiger partial charge in [0.1, 0.15) is 24.6 Å². The number of hydrogen-bond donors (Lipinski definition) is 4. The van der Waals surface area contributed by atoms with Gasteiger partial charge in [0.15, 0.2) is 12.1 Å². The van der Waals surface area contributed by atoms with Crippen molar-refractivity contribution in [1.82, 2.24) is 15.3 Å². The highest BCUT2D eigenvalue weighted by atomic mass is 19.4. The van der Waals surface area contributed by atoms with Crippen molar-refractivity contribution in [2.24, 2.45) is 0 Å². The topological polar surface area (TPSA) is 167 Å². The summed E-state index contributed by atoms with van der Waals surface area (Å²) in [6.45, 7) is 2.82. The van der Waals surface area contributed by atoms with Crippen molar-refractivity contribution in [3.63, 3.8) is 0 Å². The van der Waals surface area contributed by atoms with Crippen LogP contribution in [0.3, 0.4) is 0 Å². The molecule has 1 fully saturated rings. The molecule has 0 aliphatic carbocycles. The van der Waals surface area contributed by atoms with Crippen LogP contribution in [0.15, 0.2) is 61.1 Å². The molecule has 11 nitrogen and oxygen atoms in total. The van der Waals surface area contributed by atoms with Crippen molar-refractivity contribution in [2.75, 3.05) is 13.1 Å². The van der Waals surface area contributed by atoms with E-state index in [9.17, 15) is 36.2 Å². The fourth-order valence-electron chi connectivity index (χ4n) is 4.34. The number of aromatic nitrogens is 3. The number of amides is 1. The molecule has 1 amide bonds. The molecule has 5 rings (SSSR count). The zero-order valence-electron chi connectivity index (χ0n) is 22.5. The Balaban J connectivity index is 0.000000317. The number of halogens is 6. The predicted octanol–water partition coefficient (Wildman–Crippen LogP) is -1.02. The SMILES string of the molecule is O=C(NCc1cncc2ccccc12)c1[nH]c(C[NH+]2CCC(O)C2)[n+]2ccccc12.O=C([O-])C(F)(F)F.O=C([O-])C(F)(F)F. The number of aromatic amines is 1. The number of carbonyl (C=O) groups is 3. The summed E-state index contributed by atoms with van der Waals surface area (Å²) >= 11 is 0. The maximum absolute atomic E-state index is 13.0. The number of nitrogens with one attached hydrogen (secondary N) is 3. The normalized spacial score (nSPS) is 16.4. The molecule has 44 heavy (non-hydrogen) atoms. The van der Waals surface area contributed by atoms with Crippen LogP contribution < -0.4 is 24.8 Å². The average Bonchev–Trinajstić information content (AvgIpc) is 3.54. The van der Waals surface area contributed by atoms with Crippen LogP contribution in [0.4, 0.5) is 26.3 Å². The van der Waals surface area contributed by atoms with Gasteiger partial charge in [-0.1, -0.05) is 30.3 Å². The van der Waals surface area contributed by atoms with Gasteiger partial charge in [-0.2, -0.15) is 30.7 Å². The van der Waals surface area contributed by atoms with Gasteiger partial charge in [0.25, 0.3) is 5.91 Å². The summed E-state index contributed by atoms with van der Waals surface area (Å²) in [6, 6.07) is 13.9. The number of imidazole rings is 1. The molecule has 4 N–H and O–H groups in total. The molecule has 0 saturated carbocycles. The van der Waals surface area contributed by atoms with E-state index in [1.54, 1.807) is 6.20 Å². The van der Waals surface area contributed by atoms with E-state index in [0.717, 1.165) is 53.7 Å². The molecular weight excluding hydrogens is 604 g/mol. The Morgan fingerprint density at radius 1 is 1.00 bits per heavy atom. The van der Waals surface area contributed by atoms with Gasteiger partial charge in [0.2, 0.25) is 5.69 Å². The second-order valence-electron chi connectivity index (χ2n) is 9.50. The van der Waals surface area contributed by atoms with Gasteiger partial charge in [-0.3, -0.25) is 9.78 Å². The number of quaternary nitrogens is 1. The summed E-state index contributed by atoms with van der Waals surface area (Å²) in [4.78, 5) is 39.6. The third-order valence-corrected chi connectivity index (χ3v) is 6.33. The second-order valence-corrected chi connectivity index (χ2v) is 9.50. The number of fused-ring (bicyclic) bond motifs is 2. The van der Waals surface area contributed by atoms with Crippen LogP contribution in [0.25, 0.3) is 16.3 Å². The minimum atomic E-state index is -5.19. The lowest BCUT2D eigenvalue weighted by Crippen LogP contribution is -3.09. The number of aliphatic carboxylic acids is 2. The van der Waals surface area contributed by atoms with E-state index < -0.39 is 24.3 Å². The van der Waals surface area contributed by atoms with Crippen molar-refractivity contribution < 1.29 is 65.3 Å². The third-order valence-electron chi connectivity index (χ3n) is 6.33. The molecule has 4 heterocycles. The number of aliphatic hydroxyl groups excluding tert-OH is 1. The Morgan fingerprint density at radius 2 is 1.61 bits per heavy atom. The zero-order valence-corrected chi connectivity index (χ0v) is 22.5. The van der Waals surface area contributed by atoms with Gasteiger partial charge in [-0.15, -0.1) is 0 Å². The number of carboxylic acids is 2. The maximum atomic E-state index is 13.0. The minimum absolute atomic E-state index is 0.144. The van der Waals surface area contributed by atoms with Crippen LogP contribution in [-0.2, 0) is 22.7 Å². The number of benzene rings is 1. The lowest BCUT2D eigenvalue weighted by Gasteiger charge is -2.08. The summed E-state index contributed by atoms with van der Waals surface area (Å²) in [5, 5.41) is 32.6. The summed E-state index contributed by atoms with van der Waals surface area (Å²) in [7, 11) is 0. The Morgan fingerprint density at radius 3 is 2.20 bits per heavy atom. The number of alkyl halides is 6. The molecule has 3 aromatic heterocycles. The number of H-pyrrole nitrogens is 1. The molecule has 0 spiro atoms. The molecule has 17 heteroatoms. The molecule has 2 atom stereocenters. The molecule has 1 aliphatic heterocycles. The third kappa shape index (κ3) is 9.11. The number of aliphatic hydroxyl groups is 1. The molecule has 1 aromatic carbocycles. The van der Waals surface area contributed by atoms with Crippen molar-refractivity contribution in [3.8, 4) is 0 Å². The molecule has 0 bridgehead atoms. The number of carbonyl (C=O) groups excluding carboxylic acids is 3. The molecule has 2 unspecified atom stereocenters. The summed E-state index contributed by atoms with van der Waals surface area (Å²) in [6.07, 6.45) is -4.19. The van der Waals surface area contributed by atoms with Gasteiger partial charge < -0.3 is 35.1 Å². The van der Waals surface area contributed by atoms with E-state index in [4.69, 9.17) is 19.8 Å². The van der Waals surface area contributed by atoms with E-state index in [0.29, 0.717) is 12.2 Å². The minimum Gasteiger partial charge on any atom is -0.542 e. The summed E-state index contributed by atoms with van der Waals surface area (Å²) in [5.74, 6) is -5.19. The van der Waals surface area contributed by atoms with Gasteiger partial charge in [-0.05, 0) is 23.1 Å². The molecule has 4 aromatic rings. The van der Waals surface area contributed by atoms with Crippen LogP contribution >= 0.6 is 0 Å². The first-order chi connectivity index (χ1) is 20.6. The standard InChI is InChI=1S/C23H23N5O2.2C2HF3O2/c29-18-8-10-27(14-18)15-21-26-22(20-7-3-4-9-28(20)21)23(30)25-13-17-12-24-11-16-5-1-2-6-19(16)17;2*3-2(4,5)1(6)7/h1-7,9,11-12,18,29H,8,10,13-15H2,(H,25,30);2*(H,6,7). The first-order valence-corrected chi connectivity index (χ1v) is 12.8. The highest BCUT2D eigenvalue weighted by molar-refractivity contribution is 5.98. The lowest BCUT2D eigenvalue weighted by atomic mass is 10.1. The highest BCUT2D eigenvalue weighted by Gasteiger charge is 2.31. The number of pyridine rings is 2. The largest absolute Gasteiger partial charge is 0.542 e. The average molecular weight is 630 g/mol. The lowest BCUT2D eigenvalue weighted by molar-refractivity contribution is -0.908. The Hall–Kier alpha value is -4.77. The highest BCUT2D eigenvalue weighted by Crippen LogP contribution is 2.17. The number of rotatable bonds is 5. The maximum Gasteiger partial charge on any atom is 0.430 e. The van der Waals surface area contributed by atoms with Crippen molar-refractivity contribution in [3.05, 3.63) is 78.1 Å². The molecule has 0 radical (unpaired) electrons. The quantitative estimate of drug-likeness (QED) is 0.162. The summed E-state index contributed by atoms with van der Waals surface area (Å²) < 4.78 is 65.1. The number of hydrogen-bond acceptors (Lipinski definition) is 7. The Bertz CT molecular complexity index is 1600. The van der Waals surface area contributed by atoms with Crippen LogP contribution in [0, 0.1) is 0 Å². The van der Waals surface area contributed by atoms with Crippen molar-refractivity contribution in [2.45, 2.75) is 38.0 Å². The summed E-state index contributed by atoms with van der Waals surface area (Å²) in [5.41, 5.74) is 2.39. The van der Waals surface area contributed by atoms with Gasteiger partial charge in [0.05, 0.1) is 12.7 Å². The van der Waals surface area contributed by atoms with E-state index >= 15 is 0 Å². The fraction of sp³-hybridized carbons (Fsp3) is 0.296. The fourth-order valence-corrected chi connectivity index (χ4v) is 4.34. The predicted molar refractivity (Wildman–Crippen MR) is 134 cm³/mol. The van der Waals surface area contributed by atoms with Crippen LogP contribution in [-0.4, -0.2) is 64.5 Å². The monoisotopic (exact) mass is 629 g/mol. The van der Waals surface area contributed by atoms with Crippen LogP contribution in [0.2, 0.25) is 0 Å². The van der Waals surface area contributed by atoms with Gasteiger partial charge in [-0.25, -0.2) is 4.98 Å². The van der Waals surface area contributed by atoms with Crippen LogP contribution in [0.1, 0.15) is 28.3 Å². The number of likely N-dealkylation sites (tertiary alicyclic amines) is 1. The Labute approximate surface area is 244 Å². The van der Waals surface area contributed by atoms with E-state index in [1.165, 1.54) is 4.90 Å².